The Kier molecular flexibility index (Phi) is 1.81. The number of aromatic nitrogens is 1. The lowest BCUT2D eigenvalue weighted by Crippen LogP contribution is -2.01. The van der Waals surface area contributed by atoms with Crippen molar-refractivity contribution < 1.29 is 9.47 Å². The average molecular weight is 199 g/mol. The molecule has 74 valence electrons. The molecule has 1 aromatic carbocycles. The molecule has 0 amide bonds. The largest absolute Gasteiger partial charge is 0.454 e. The van der Waals surface area contributed by atoms with Crippen LogP contribution in [0.3, 0.4) is 0 Å². The van der Waals surface area contributed by atoms with E-state index in [2.05, 4.69) is 4.98 Å². The van der Waals surface area contributed by atoms with E-state index in [9.17, 15) is 0 Å². The number of ether oxygens (including phenoxy) is 2. The van der Waals surface area contributed by atoms with E-state index in [1.807, 2.05) is 30.3 Å². The van der Waals surface area contributed by atoms with E-state index in [1.165, 1.54) is 12.5 Å². The van der Waals surface area contributed by atoms with Crippen molar-refractivity contribution >= 4 is 10.8 Å². The zero-order valence-corrected chi connectivity index (χ0v) is 7.96. The molecule has 2 aromatic rings. The molecule has 0 atom stereocenters. The summed E-state index contributed by atoms with van der Waals surface area (Å²) in [5.74, 6) is 0. The van der Waals surface area contributed by atoms with Crippen LogP contribution in [0.5, 0.6) is 0 Å². The molecular weight excluding hydrogens is 190 g/mol. The number of rotatable bonds is 1. The molecule has 0 spiro atoms. The van der Waals surface area contributed by atoms with Gasteiger partial charge in [-0.15, -0.1) is 0 Å². The zero-order chi connectivity index (χ0) is 10.1. The molecule has 0 N–H and O–H groups in total. The van der Waals surface area contributed by atoms with E-state index >= 15 is 0 Å². The first-order chi connectivity index (χ1) is 7.45. The van der Waals surface area contributed by atoms with Gasteiger partial charge in [0.05, 0.1) is 0 Å². The number of hydrogen-bond acceptors (Lipinski definition) is 3. The average Bonchev–Trinajstić information content (AvgIpc) is 2.82. The fourth-order valence-electron chi connectivity index (χ4n) is 1.70. The van der Waals surface area contributed by atoms with Crippen molar-refractivity contribution in [3.05, 3.63) is 54.7 Å². The molecule has 0 radical (unpaired) electrons. The maximum Gasteiger partial charge on any atom is 0.283 e. The Bertz CT molecular complexity index is 509. The van der Waals surface area contributed by atoms with Crippen LogP contribution in [0.1, 0.15) is 12.0 Å². The summed E-state index contributed by atoms with van der Waals surface area (Å²) in [4.78, 5) is 4.30. The molecule has 1 aliphatic rings. The standard InChI is InChI=1S/C12H9NO2/c1-2-4-10-9(3-1)5-6-13-11(10)12-14-7-8-15-12/h1-8,12H. The molecular formula is C12H9NO2. The Morgan fingerprint density at radius 3 is 2.67 bits per heavy atom. The van der Waals surface area contributed by atoms with E-state index in [0.29, 0.717) is 0 Å². The first-order valence-electron chi connectivity index (χ1n) is 4.75. The summed E-state index contributed by atoms with van der Waals surface area (Å²) in [6, 6.07) is 10.0. The number of pyridine rings is 1. The monoisotopic (exact) mass is 199 g/mol. The molecule has 1 aromatic heterocycles. The normalized spacial score (nSPS) is 15.2. The van der Waals surface area contributed by atoms with Gasteiger partial charge in [-0.3, -0.25) is 4.98 Å². The van der Waals surface area contributed by atoms with E-state index in [1.54, 1.807) is 6.20 Å². The number of fused-ring (bicyclic) bond motifs is 1. The summed E-state index contributed by atoms with van der Waals surface area (Å²) in [7, 11) is 0. The quantitative estimate of drug-likeness (QED) is 0.707. The number of benzene rings is 1. The minimum absolute atomic E-state index is 0.406. The molecule has 3 heteroatoms. The molecule has 0 bridgehead atoms. The first kappa shape index (κ1) is 8.29. The van der Waals surface area contributed by atoms with Gasteiger partial charge < -0.3 is 9.47 Å². The summed E-state index contributed by atoms with van der Waals surface area (Å²) in [5.41, 5.74) is 0.818. The predicted octanol–water partition coefficient (Wildman–Crippen LogP) is 2.75. The SMILES string of the molecule is C1=COC(c2nccc3ccccc23)O1. The Labute approximate surface area is 87.0 Å². The molecule has 3 nitrogen and oxygen atoms in total. The fourth-order valence-corrected chi connectivity index (χ4v) is 1.70. The van der Waals surface area contributed by atoms with Gasteiger partial charge in [0.2, 0.25) is 0 Å². The van der Waals surface area contributed by atoms with Gasteiger partial charge in [0, 0.05) is 11.6 Å². The summed E-state index contributed by atoms with van der Waals surface area (Å²) >= 11 is 0. The minimum atomic E-state index is -0.406. The smallest absolute Gasteiger partial charge is 0.283 e. The van der Waals surface area contributed by atoms with Crippen molar-refractivity contribution in [1.29, 1.82) is 0 Å². The lowest BCUT2D eigenvalue weighted by molar-refractivity contribution is -0.0266. The third-order valence-electron chi connectivity index (χ3n) is 2.39. The van der Waals surface area contributed by atoms with Gasteiger partial charge in [-0.05, 0) is 11.5 Å². The van der Waals surface area contributed by atoms with Crippen LogP contribution in [0.2, 0.25) is 0 Å². The van der Waals surface area contributed by atoms with Gasteiger partial charge in [0.25, 0.3) is 6.29 Å². The molecule has 2 heterocycles. The van der Waals surface area contributed by atoms with Gasteiger partial charge in [-0.2, -0.15) is 0 Å². The number of hydrogen-bond donors (Lipinski definition) is 0. The minimum Gasteiger partial charge on any atom is -0.454 e. The highest BCUT2D eigenvalue weighted by Crippen LogP contribution is 2.28. The van der Waals surface area contributed by atoms with Crippen LogP contribution < -0.4 is 0 Å². The molecule has 3 rings (SSSR count). The summed E-state index contributed by atoms with van der Waals surface area (Å²) in [5, 5.41) is 2.20. The molecule has 0 aliphatic carbocycles. The lowest BCUT2D eigenvalue weighted by Gasteiger charge is -2.11. The Morgan fingerprint density at radius 1 is 1.00 bits per heavy atom. The van der Waals surface area contributed by atoms with Crippen LogP contribution in [0.4, 0.5) is 0 Å². The van der Waals surface area contributed by atoms with Gasteiger partial charge in [0.15, 0.2) is 0 Å². The topological polar surface area (TPSA) is 31.4 Å². The van der Waals surface area contributed by atoms with Crippen LogP contribution >= 0.6 is 0 Å². The third-order valence-corrected chi connectivity index (χ3v) is 2.39. The molecule has 15 heavy (non-hydrogen) atoms. The third kappa shape index (κ3) is 1.32. The summed E-state index contributed by atoms with van der Waals surface area (Å²) in [6.07, 6.45) is 4.43. The van der Waals surface area contributed by atoms with Crippen LogP contribution in [0.15, 0.2) is 49.1 Å². The van der Waals surface area contributed by atoms with Gasteiger partial charge in [-0.25, -0.2) is 0 Å². The second-order valence-corrected chi connectivity index (χ2v) is 3.29. The number of nitrogens with zero attached hydrogens (tertiary/aromatic N) is 1. The van der Waals surface area contributed by atoms with Gasteiger partial charge in [-0.1, -0.05) is 24.3 Å². The maximum absolute atomic E-state index is 5.28. The van der Waals surface area contributed by atoms with Crippen LogP contribution in [0, 0.1) is 0 Å². The van der Waals surface area contributed by atoms with Crippen molar-refractivity contribution in [2.75, 3.05) is 0 Å². The molecule has 0 saturated heterocycles. The van der Waals surface area contributed by atoms with E-state index < -0.39 is 6.29 Å². The lowest BCUT2D eigenvalue weighted by atomic mass is 10.1. The highest BCUT2D eigenvalue weighted by Gasteiger charge is 2.19. The molecule has 0 saturated carbocycles. The van der Waals surface area contributed by atoms with Gasteiger partial charge >= 0.3 is 0 Å². The Balaban J connectivity index is 2.17. The molecule has 0 fully saturated rings. The first-order valence-corrected chi connectivity index (χ1v) is 4.75. The van der Waals surface area contributed by atoms with Crippen molar-refractivity contribution in [3.63, 3.8) is 0 Å². The van der Waals surface area contributed by atoms with Crippen molar-refractivity contribution in [2.24, 2.45) is 0 Å². The van der Waals surface area contributed by atoms with Crippen LogP contribution in [0.25, 0.3) is 10.8 Å². The fraction of sp³-hybridized carbons (Fsp3) is 0.0833. The van der Waals surface area contributed by atoms with Crippen LogP contribution in [-0.4, -0.2) is 4.98 Å². The molecule has 1 aliphatic heterocycles. The van der Waals surface area contributed by atoms with E-state index in [4.69, 9.17) is 9.47 Å². The summed E-state index contributed by atoms with van der Waals surface area (Å²) < 4.78 is 10.6. The molecule has 0 unspecified atom stereocenters. The Hall–Kier alpha value is -2.03. The maximum atomic E-state index is 5.28. The van der Waals surface area contributed by atoms with Crippen molar-refractivity contribution in [3.8, 4) is 0 Å². The Morgan fingerprint density at radius 2 is 1.80 bits per heavy atom. The van der Waals surface area contributed by atoms with Gasteiger partial charge in [0.1, 0.15) is 18.2 Å². The van der Waals surface area contributed by atoms with Crippen molar-refractivity contribution in [1.82, 2.24) is 4.98 Å². The second-order valence-electron chi connectivity index (χ2n) is 3.29. The zero-order valence-electron chi connectivity index (χ0n) is 7.96. The van der Waals surface area contributed by atoms with Crippen LogP contribution in [-0.2, 0) is 9.47 Å². The predicted molar refractivity (Wildman–Crippen MR) is 55.8 cm³/mol. The summed E-state index contributed by atoms with van der Waals surface area (Å²) in [6.45, 7) is 0. The van der Waals surface area contributed by atoms with E-state index in [-0.39, 0.29) is 0 Å². The second kappa shape index (κ2) is 3.28. The van der Waals surface area contributed by atoms with Crippen molar-refractivity contribution in [2.45, 2.75) is 6.29 Å². The highest BCUT2D eigenvalue weighted by molar-refractivity contribution is 5.84. The van der Waals surface area contributed by atoms with E-state index in [0.717, 1.165) is 16.5 Å². The highest BCUT2D eigenvalue weighted by atomic mass is 16.7.